The average Bonchev–Trinajstić information content (AvgIpc) is 2.46. The number of hydrogen-bond donors (Lipinski definition) is 3. The Morgan fingerprint density at radius 2 is 1.90 bits per heavy atom. The molecule has 0 radical (unpaired) electrons. The highest BCUT2D eigenvalue weighted by Gasteiger charge is 2.11. The first-order valence-corrected chi connectivity index (χ1v) is 6.41. The molecule has 4 N–H and O–H groups in total. The molecule has 5 nitrogen and oxygen atoms in total. The molecule has 0 atom stereocenters. The Hall–Kier alpha value is -2.56. The summed E-state index contributed by atoms with van der Waals surface area (Å²) in [6.07, 6.45) is 2.44. The van der Waals surface area contributed by atoms with E-state index in [-0.39, 0.29) is 11.3 Å². The van der Waals surface area contributed by atoms with Gasteiger partial charge >= 0.3 is 5.97 Å². The van der Waals surface area contributed by atoms with Gasteiger partial charge in [-0.25, -0.2) is 9.78 Å². The van der Waals surface area contributed by atoms with Crippen LogP contribution in [0.2, 0.25) is 0 Å². The van der Waals surface area contributed by atoms with Crippen molar-refractivity contribution >= 4 is 17.5 Å². The molecule has 2 aromatic rings. The van der Waals surface area contributed by atoms with Gasteiger partial charge in [0.2, 0.25) is 0 Å². The molecule has 0 spiro atoms. The maximum Gasteiger partial charge on any atom is 0.337 e. The number of nitrogen functional groups attached to an aromatic ring is 1. The molecule has 0 bridgehead atoms. The zero-order valence-corrected chi connectivity index (χ0v) is 11.3. The topological polar surface area (TPSA) is 88.2 Å². The number of anilines is 2. The van der Waals surface area contributed by atoms with E-state index in [0.29, 0.717) is 12.4 Å². The molecule has 1 aromatic heterocycles. The van der Waals surface area contributed by atoms with E-state index in [9.17, 15) is 4.79 Å². The largest absolute Gasteiger partial charge is 0.478 e. The number of nitrogens with zero attached hydrogens (tertiary/aromatic N) is 1. The van der Waals surface area contributed by atoms with E-state index in [2.05, 4.69) is 29.4 Å². The summed E-state index contributed by atoms with van der Waals surface area (Å²) in [4.78, 5) is 15.1. The molecule has 0 fully saturated rings. The third kappa shape index (κ3) is 3.06. The lowest BCUT2D eigenvalue weighted by molar-refractivity contribution is 0.0698. The summed E-state index contributed by atoms with van der Waals surface area (Å²) in [5.74, 6) is -0.662. The highest BCUT2D eigenvalue weighted by atomic mass is 16.4. The van der Waals surface area contributed by atoms with Crippen molar-refractivity contribution in [1.29, 1.82) is 0 Å². The first-order chi connectivity index (χ1) is 9.61. The minimum Gasteiger partial charge on any atom is -0.478 e. The lowest BCUT2D eigenvalue weighted by Gasteiger charge is -2.10. The van der Waals surface area contributed by atoms with Gasteiger partial charge in [-0.05, 0) is 23.6 Å². The highest BCUT2D eigenvalue weighted by Crippen LogP contribution is 2.20. The molecule has 1 aromatic carbocycles. The Balaban J connectivity index is 2.10. The number of nitrogens with two attached hydrogens (primary N) is 1. The molecule has 0 unspecified atom stereocenters. The van der Waals surface area contributed by atoms with Crippen LogP contribution in [0.5, 0.6) is 0 Å². The monoisotopic (exact) mass is 271 g/mol. The fourth-order valence-electron chi connectivity index (χ4n) is 1.88. The number of aromatic carboxylic acids is 1. The second-order valence-electron chi connectivity index (χ2n) is 4.45. The van der Waals surface area contributed by atoms with Gasteiger partial charge in [-0.3, -0.25) is 0 Å². The highest BCUT2D eigenvalue weighted by molar-refractivity contribution is 5.96. The normalized spacial score (nSPS) is 10.2. The quantitative estimate of drug-likeness (QED) is 0.777. The summed E-state index contributed by atoms with van der Waals surface area (Å²) in [6.45, 7) is 2.65. The van der Waals surface area contributed by atoms with Crippen molar-refractivity contribution in [2.75, 3.05) is 11.1 Å². The number of aromatic nitrogens is 1. The SMILES string of the molecule is CCc1ccc(CNc2nccc(C(=O)O)c2N)cc1. The van der Waals surface area contributed by atoms with Gasteiger partial charge in [-0.1, -0.05) is 31.2 Å². The molecule has 0 aliphatic carbocycles. The number of nitrogens with one attached hydrogen (secondary N) is 1. The molecule has 20 heavy (non-hydrogen) atoms. The minimum absolute atomic E-state index is 0.0591. The van der Waals surface area contributed by atoms with Gasteiger partial charge < -0.3 is 16.2 Å². The zero-order valence-electron chi connectivity index (χ0n) is 11.3. The van der Waals surface area contributed by atoms with Crippen molar-refractivity contribution in [3.63, 3.8) is 0 Å². The van der Waals surface area contributed by atoms with E-state index in [1.807, 2.05) is 12.1 Å². The van der Waals surface area contributed by atoms with Crippen molar-refractivity contribution in [1.82, 2.24) is 4.98 Å². The Bertz CT molecular complexity index is 609. The standard InChI is InChI=1S/C15H17N3O2/c1-2-10-3-5-11(6-4-10)9-18-14-13(16)12(15(19)20)7-8-17-14/h3-8H,2,9,16H2,1H3,(H,17,18)(H,19,20). The number of carboxylic acid groups (broad SMARTS) is 1. The molecule has 1 heterocycles. The summed E-state index contributed by atoms with van der Waals surface area (Å²) in [7, 11) is 0. The number of hydrogen-bond acceptors (Lipinski definition) is 4. The van der Waals surface area contributed by atoms with Crippen molar-refractivity contribution in [2.24, 2.45) is 0 Å². The Morgan fingerprint density at radius 1 is 1.25 bits per heavy atom. The van der Waals surface area contributed by atoms with Crippen LogP contribution in [0.25, 0.3) is 0 Å². The van der Waals surface area contributed by atoms with Crippen LogP contribution in [0, 0.1) is 0 Å². The molecule has 0 aliphatic heterocycles. The second kappa shape index (κ2) is 6.06. The van der Waals surface area contributed by atoms with Crippen LogP contribution in [0.3, 0.4) is 0 Å². The Kier molecular flexibility index (Phi) is 4.20. The number of rotatable bonds is 5. The van der Waals surface area contributed by atoms with E-state index in [1.54, 1.807) is 0 Å². The summed E-state index contributed by atoms with van der Waals surface area (Å²) >= 11 is 0. The molecule has 2 rings (SSSR count). The fraction of sp³-hybridized carbons (Fsp3) is 0.200. The molecular weight excluding hydrogens is 254 g/mol. The lowest BCUT2D eigenvalue weighted by atomic mass is 10.1. The van der Waals surface area contributed by atoms with Crippen LogP contribution in [-0.4, -0.2) is 16.1 Å². The van der Waals surface area contributed by atoms with Crippen LogP contribution in [0.15, 0.2) is 36.5 Å². The molecule has 104 valence electrons. The number of carboxylic acids is 1. The predicted molar refractivity (Wildman–Crippen MR) is 78.8 cm³/mol. The number of pyridine rings is 1. The van der Waals surface area contributed by atoms with Gasteiger partial charge in [0.15, 0.2) is 0 Å². The van der Waals surface area contributed by atoms with Crippen LogP contribution in [0.1, 0.15) is 28.4 Å². The Morgan fingerprint density at radius 3 is 2.50 bits per heavy atom. The van der Waals surface area contributed by atoms with Gasteiger partial charge in [-0.15, -0.1) is 0 Å². The molecular formula is C15H17N3O2. The van der Waals surface area contributed by atoms with Crippen LogP contribution < -0.4 is 11.1 Å². The van der Waals surface area contributed by atoms with Gasteiger partial charge in [0.1, 0.15) is 5.82 Å². The molecule has 0 amide bonds. The summed E-state index contributed by atoms with van der Waals surface area (Å²) in [5.41, 5.74) is 8.37. The van der Waals surface area contributed by atoms with E-state index >= 15 is 0 Å². The van der Waals surface area contributed by atoms with Gasteiger partial charge in [0.25, 0.3) is 0 Å². The third-order valence-corrected chi connectivity index (χ3v) is 3.11. The predicted octanol–water partition coefficient (Wildman–Crippen LogP) is 2.54. The first-order valence-electron chi connectivity index (χ1n) is 6.41. The number of aryl methyl sites for hydroxylation is 1. The van der Waals surface area contributed by atoms with Gasteiger partial charge in [-0.2, -0.15) is 0 Å². The molecule has 0 aliphatic rings. The molecule has 5 heteroatoms. The summed E-state index contributed by atoms with van der Waals surface area (Å²) in [5, 5.41) is 12.1. The van der Waals surface area contributed by atoms with Crippen molar-refractivity contribution in [3.8, 4) is 0 Å². The minimum atomic E-state index is -1.06. The summed E-state index contributed by atoms with van der Waals surface area (Å²) in [6, 6.07) is 9.59. The number of carbonyl (C=O) groups is 1. The van der Waals surface area contributed by atoms with E-state index in [0.717, 1.165) is 12.0 Å². The van der Waals surface area contributed by atoms with Gasteiger partial charge in [0, 0.05) is 12.7 Å². The zero-order chi connectivity index (χ0) is 14.5. The first kappa shape index (κ1) is 13.9. The van der Waals surface area contributed by atoms with Crippen LogP contribution >= 0.6 is 0 Å². The smallest absolute Gasteiger partial charge is 0.337 e. The molecule has 0 saturated carbocycles. The van der Waals surface area contributed by atoms with Crippen LogP contribution in [0.4, 0.5) is 11.5 Å². The Labute approximate surface area is 117 Å². The van der Waals surface area contributed by atoms with E-state index in [1.165, 1.54) is 17.8 Å². The molecule has 0 saturated heterocycles. The van der Waals surface area contributed by atoms with Gasteiger partial charge in [0.05, 0.1) is 11.3 Å². The van der Waals surface area contributed by atoms with Crippen molar-refractivity contribution < 1.29 is 9.90 Å². The maximum absolute atomic E-state index is 11.0. The fourth-order valence-corrected chi connectivity index (χ4v) is 1.88. The second-order valence-corrected chi connectivity index (χ2v) is 4.45. The number of benzene rings is 1. The third-order valence-electron chi connectivity index (χ3n) is 3.11. The van der Waals surface area contributed by atoms with Crippen LogP contribution in [-0.2, 0) is 13.0 Å². The summed E-state index contributed by atoms with van der Waals surface area (Å²) < 4.78 is 0. The van der Waals surface area contributed by atoms with E-state index in [4.69, 9.17) is 10.8 Å². The van der Waals surface area contributed by atoms with E-state index < -0.39 is 5.97 Å². The average molecular weight is 271 g/mol. The van der Waals surface area contributed by atoms with Crippen molar-refractivity contribution in [3.05, 3.63) is 53.2 Å². The lowest BCUT2D eigenvalue weighted by Crippen LogP contribution is -2.09. The van der Waals surface area contributed by atoms with Crippen molar-refractivity contribution in [2.45, 2.75) is 19.9 Å². The maximum atomic E-state index is 11.0.